The summed E-state index contributed by atoms with van der Waals surface area (Å²) in [6.45, 7) is 12.6. The Balaban J connectivity index is 2.18. The lowest BCUT2D eigenvalue weighted by Gasteiger charge is -2.37. The molecule has 0 radical (unpaired) electrons. The Morgan fingerprint density at radius 2 is 1.75 bits per heavy atom. The van der Waals surface area contributed by atoms with Crippen LogP contribution in [0.1, 0.15) is 16.7 Å². The summed E-state index contributed by atoms with van der Waals surface area (Å²) in [7, 11) is 1.75. The van der Waals surface area contributed by atoms with Crippen LogP contribution in [-0.2, 0) is 0 Å². The second-order valence-electron chi connectivity index (χ2n) is 5.61. The van der Waals surface area contributed by atoms with Gasteiger partial charge in [-0.15, -0.1) is 0 Å². The number of piperazine rings is 1. The first-order chi connectivity index (χ1) is 9.58. The van der Waals surface area contributed by atoms with Crippen LogP contribution in [0.4, 0.5) is 5.69 Å². The van der Waals surface area contributed by atoms with E-state index in [1.165, 1.54) is 22.4 Å². The van der Waals surface area contributed by atoms with Crippen molar-refractivity contribution in [1.82, 2.24) is 4.90 Å². The minimum atomic E-state index is 0.750. The van der Waals surface area contributed by atoms with E-state index in [0.717, 1.165) is 45.0 Å². The number of rotatable bonds is 4. The van der Waals surface area contributed by atoms with E-state index < -0.39 is 0 Å². The molecular formula is C16H27N3O. The first-order valence-corrected chi connectivity index (χ1v) is 7.40. The van der Waals surface area contributed by atoms with Crippen molar-refractivity contribution in [2.75, 3.05) is 51.3 Å². The number of aryl methyl sites for hydroxylation is 1. The highest BCUT2D eigenvalue weighted by Gasteiger charge is 2.20. The molecule has 0 bridgehead atoms. The first kappa shape index (κ1) is 15.1. The van der Waals surface area contributed by atoms with Crippen molar-refractivity contribution in [3.8, 4) is 5.75 Å². The summed E-state index contributed by atoms with van der Waals surface area (Å²) in [5, 5.41) is 0. The largest absolute Gasteiger partial charge is 0.496 e. The van der Waals surface area contributed by atoms with Crippen molar-refractivity contribution in [2.45, 2.75) is 20.8 Å². The summed E-state index contributed by atoms with van der Waals surface area (Å²) in [6.07, 6.45) is 0. The fraction of sp³-hybridized carbons (Fsp3) is 0.625. The molecule has 4 heteroatoms. The third kappa shape index (κ3) is 2.91. The summed E-state index contributed by atoms with van der Waals surface area (Å²) in [5.74, 6) is 1.02. The van der Waals surface area contributed by atoms with Crippen LogP contribution < -0.4 is 15.4 Å². The van der Waals surface area contributed by atoms with Gasteiger partial charge >= 0.3 is 0 Å². The van der Waals surface area contributed by atoms with Crippen molar-refractivity contribution in [3.63, 3.8) is 0 Å². The topological polar surface area (TPSA) is 41.7 Å². The number of ether oxygens (including phenoxy) is 1. The molecule has 0 atom stereocenters. The van der Waals surface area contributed by atoms with Gasteiger partial charge in [0.25, 0.3) is 0 Å². The van der Waals surface area contributed by atoms with Crippen LogP contribution >= 0.6 is 0 Å². The Morgan fingerprint density at radius 1 is 1.10 bits per heavy atom. The van der Waals surface area contributed by atoms with E-state index in [2.05, 4.69) is 36.6 Å². The molecule has 0 unspecified atom stereocenters. The van der Waals surface area contributed by atoms with Crippen molar-refractivity contribution < 1.29 is 4.74 Å². The lowest BCUT2D eigenvalue weighted by atomic mass is 10.0. The number of benzene rings is 1. The number of nitrogens with two attached hydrogens (primary N) is 1. The van der Waals surface area contributed by atoms with Crippen molar-refractivity contribution in [1.29, 1.82) is 0 Å². The maximum absolute atomic E-state index is 5.63. The highest BCUT2D eigenvalue weighted by atomic mass is 16.5. The van der Waals surface area contributed by atoms with Crippen LogP contribution in [0.25, 0.3) is 0 Å². The molecule has 112 valence electrons. The van der Waals surface area contributed by atoms with Crippen molar-refractivity contribution >= 4 is 5.69 Å². The predicted molar refractivity (Wildman–Crippen MR) is 84.9 cm³/mol. The third-order valence-corrected chi connectivity index (χ3v) is 4.36. The molecule has 1 aliphatic heterocycles. The van der Waals surface area contributed by atoms with Crippen LogP contribution in [0.5, 0.6) is 5.75 Å². The molecule has 1 heterocycles. The summed E-state index contributed by atoms with van der Waals surface area (Å²) in [5.41, 5.74) is 10.8. The maximum atomic E-state index is 5.63. The average molecular weight is 277 g/mol. The molecule has 4 nitrogen and oxygen atoms in total. The highest BCUT2D eigenvalue weighted by Crippen LogP contribution is 2.33. The molecular weight excluding hydrogens is 250 g/mol. The van der Waals surface area contributed by atoms with Gasteiger partial charge in [0.2, 0.25) is 0 Å². The Morgan fingerprint density at radius 3 is 2.30 bits per heavy atom. The zero-order valence-corrected chi connectivity index (χ0v) is 13.2. The zero-order chi connectivity index (χ0) is 14.7. The smallest absolute Gasteiger partial charge is 0.125 e. The normalized spacial score (nSPS) is 16.6. The van der Waals surface area contributed by atoms with Crippen LogP contribution in [-0.4, -0.2) is 51.3 Å². The lowest BCUT2D eigenvalue weighted by Crippen LogP contribution is -2.48. The molecule has 0 aliphatic carbocycles. The molecule has 20 heavy (non-hydrogen) atoms. The second kappa shape index (κ2) is 6.46. The lowest BCUT2D eigenvalue weighted by molar-refractivity contribution is 0.264. The first-order valence-electron chi connectivity index (χ1n) is 7.40. The highest BCUT2D eigenvalue weighted by molar-refractivity contribution is 5.63. The average Bonchev–Trinajstić information content (AvgIpc) is 2.45. The Bertz CT molecular complexity index is 465. The molecule has 0 aromatic heterocycles. The van der Waals surface area contributed by atoms with Crippen LogP contribution in [0.3, 0.4) is 0 Å². The molecule has 0 saturated carbocycles. The number of methoxy groups -OCH3 is 1. The molecule has 1 aliphatic rings. The number of hydrogen-bond donors (Lipinski definition) is 1. The van der Waals surface area contributed by atoms with E-state index in [1.54, 1.807) is 7.11 Å². The zero-order valence-electron chi connectivity index (χ0n) is 13.2. The van der Waals surface area contributed by atoms with Gasteiger partial charge in [0, 0.05) is 45.0 Å². The standard InChI is InChI=1S/C16H27N3O/c1-12-11-15(13(2)14(3)16(12)20-4)19-9-7-18(6-5-17)8-10-19/h11H,5-10,17H2,1-4H3. The SMILES string of the molecule is COc1c(C)cc(N2CCN(CCN)CC2)c(C)c1C. The molecule has 1 saturated heterocycles. The Kier molecular flexibility index (Phi) is 4.89. The molecule has 0 spiro atoms. The fourth-order valence-corrected chi connectivity index (χ4v) is 3.07. The third-order valence-electron chi connectivity index (χ3n) is 4.36. The molecule has 2 rings (SSSR count). The van der Waals surface area contributed by atoms with Crippen LogP contribution in [0.15, 0.2) is 6.07 Å². The Hall–Kier alpha value is -1.26. The quantitative estimate of drug-likeness (QED) is 0.909. The van der Waals surface area contributed by atoms with E-state index in [4.69, 9.17) is 10.5 Å². The van der Waals surface area contributed by atoms with Crippen LogP contribution in [0, 0.1) is 20.8 Å². The van der Waals surface area contributed by atoms with E-state index in [9.17, 15) is 0 Å². The summed E-state index contributed by atoms with van der Waals surface area (Å²) >= 11 is 0. The van der Waals surface area contributed by atoms with Gasteiger partial charge in [-0.1, -0.05) is 0 Å². The minimum Gasteiger partial charge on any atom is -0.496 e. The number of anilines is 1. The van der Waals surface area contributed by atoms with Crippen molar-refractivity contribution in [3.05, 3.63) is 22.8 Å². The van der Waals surface area contributed by atoms with Gasteiger partial charge in [0.15, 0.2) is 0 Å². The molecule has 1 aromatic carbocycles. The predicted octanol–water partition coefficient (Wildman–Crippen LogP) is 1.70. The fourth-order valence-electron chi connectivity index (χ4n) is 3.07. The van der Waals surface area contributed by atoms with E-state index in [1.807, 2.05) is 0 Å². The maximum Gasteiger partial charge on any atom is 0.125 e. The monoisotopic (exact) mass is 277 g/mol. The van der Waals surface area contributed by atoms with Crippen LogP contribution in [0.2, 0.25) is 0 Å². The van der Waals surface area contributed by atoms with Gasteiger partial charge in [0.1, 0.15) is 5.75 Å². The van der Waals surface area contributed by atoms with E-state index in [0.29, 0.717) is 0 Å². The minimum absolute atomic E-state index is 0.750. The van der Waals surface area contributed by atoms with Gasteiger partial charge < -0.3 is 15.4 Å². The molecule has 1 fully saturated rings. The van der Waals surface area contributed by atoms with E-state index >= 15 is 0 Å². The van der Waals surface area contributed by atoms with Gasteiger partial charge in [0.05, 0.1) is 7.11 Å². The van der Waals surface area contributed by atoms with Gasteiger partial charge in [-0.3, -0.25) is 4.90 Å². The second-order valence-corrected chi connectivity index (χ2v) is 5.61. The summed E-state index contributed by atoms with van der Waals surface area (Å²) in [4.78, 5) is 4.93. The molecule has 1 aromatic rings. The molecule has 2 N–H and O–H groups in total. The number of nitrogens with zero attached hydrogens (tertiary/aromatic N) is 2. The summed E-state index contributed by atoms with van der Waals surface area (Å²) < 4.78 is 5.51. The number of hydrogen-bond acceptors (Lipinski definition) is 4. The summed E-state index contributed by atoms with van der Waals surface area (Å²) in [6, 6.07) is 2.26. The Labute approximate surface area is 122 Å². The van der Waals surface area contributed by atoms with Gasteiger partial charge in [-0.05, 0) is 43.5 Å². The van der Waals surface area contributed by atoms with Gasteiger partial charge in [-0.25, -0.2) is 0 Å². The van der Waals surface area contributed by atoms with Crippen molar-refractivity contribution in [2.24, 2.45) is 5.73 Å². The molecule has 0 amide bonds. The van der Waals surface area contributed by atoms with E-state index in [-0.39, 0.29) is 0 Å². The van der Waals surface area contributed by atoms with Gasteiger partial charge in [-0.2, -0.15) is 0 Å².